The molecule has 0 radical (unpaired) electrons. The Balaban J connectivity index is 1.51. The zero-order valence-electron chi connectivity index (χ0n) is 16.7. The van der Waals surface area contributed by atoms with Gasteiger partial charge >= 0.3 is 6.18 Å². The number of methoxy groups -OCH3 is 2. The maximum atomic E-state index is 12.6. The quantitative estimate of drug-likeness (QED) is 0.458. The number of anilines is 1. The van der Waals surface area contributed by atoms with Gasteiger partial charge in [0.15, 0.2) is 11.5 Å². The number of halogens is 3. The highest BCUT2D eigenvalue weighted by Gasteiger charge is 2.29. The first-order chi connectivity index (χ1) is 14.8. The molecule has 1 heterocycles. The average molecular weight is 469 g/mol. The second kappa shape index (κ2) is 10.1. The SMILES string of the molecule is COc1ccc(-c2nc(CSCC(=O)Nc3ccc(C(F)(F)F)cc3)cs2)cc1OC. The molecule has 0 aliphatic carbocycles. The summed E-state index contributed by atoms with van der Waals surface area (Å²) in [5.74, 6) is 1.65. The summed E-state index contributed by atoms with van der Waals surface area (Å²) in [5, 5.41) is 5.34. The van der Waals surface area contributed by atoms with Gasteiger partial charge in [0.25, 0.3) is 0 Å². The van der Waals surface area contributed by atoms with E-state index in [1.165, 1.54) is 35.2 Å². The molecule has 0 saturated heterocycles. The highest BCUT2D eigenvalue weighted by Crippen LogP contribution is 2.34. The van der Waals surface area contributed by atoms with Crippen molar-refractivity contribution < 1.29 is 27.4 Å². The topological polar surface area (TPSA) is 60.5 Å². The minimum Gasteiger partial charge on any atom is -0.493 e. The van der Waals surface area contributed by atoms with Crippen LogP contribution in [0.15, 0.2) is 47.8 Å². The van der Waals surface area contributed by atoms with Crippen molar-refractivity contribution in [2.45, 2.75) is 11.9 Å². The van der Waals surface area contributed by atoms with Gasteiger partial charge in [0, 0.05) is 22.4 Å². The van der Waals surface area contributed by atoms with E-state index in [9.17, 15) is 18.0 Å². The molecule has 164 valence electrons. The smallest absolute Gasteiger partial charge is 0.416 e. The number of aromatic nitrogens is 1. The van der Waals surface area contributed by atoms with Crippen LogP contribution in [-0.4, -0.2) is 30.9 Å². The molecule has 1 aromatic heterocycles. The number of thiazole rings is 1. The molecule has 5 nitrogen and oxygen atoms in total. The molecule has 0 bridgehead atoms. The van der Waals surface area contributed by atoms with E-state index in [-0.39, 0.29) is 11.7 Å². The van der Waals surface area contributed by atoms with Gasteiger partial charge in [-0.05, 0) is 42.5 Å². The monoisotopic (exact) mass is 468 g/mol. The number of benzene rings is 2. The van der Waals surface area contributed by atoms with E-state index in [4.69, 9.17) is 9.47 Å². The molecule has 10 heteroatoms. The molecule has 31 heavy (non-hydrogen) atoms. The molecule has 1 N–H and O–H groups in total. The summed E-state index contributed by atoms with van der Waals surface area (Å²) >= 11 is 2.86. The summed E-state index contributed by atoms with van der Waals surface area (Å²) in [6.45, 7) is 0. The van der Waals surface area contributed by atoms with Gasteiger partial charge in [0.2, 0.25) is 5.91 Å². The molecule has 3 aromatic rings. The second-order valence-corrected chi connectivity index (χ2v) is 8.17. The average Bonchev–Trinajstić information content (AvgIpc) is 3.22. The van der Waals surface area contributed by atoms with E-state index in [1.807, 2.05) is 23.6 Å². The van der Waals surface area contributed by atoms with Gasteiger partial charge in [-0.1, -0.05) is 0 Å². The van der Waals surface area contributed by atoms with E-state index in [0.717, 1.165) is 28.4 Å². The number of nitrogens with one attached hydrogen (secondary N) is 1. The van der Waals surface area contributed by atoms with Crippen molar-refractivity contribution in [3.8, 4) is 22.1 Å². The third kappa shape index (κ3) is 6.14. The lowest BCUT2D eigenvalue weighted by atomic mass is 10.2. The number of amides is 1. The van der Waals surface area contributed by atoms with Crippen LogP contribution >= 0.6 is 23.1 Å². The van der Waals surface area contributed by atoms with Gasteiger partial charge in [-0.25, -0.2) is 4.98 Å². The van der Waals surface area contributed by atoms with E-state index < -0.39 is 11.7 Å². The first-order valence-corrected chi connectivity index (χ1v) is 11.0. The molecule has 0 saturated carbocycles. The lowest BCUT2D eigenvalue weighted by Crippen LogP contribution is -2.14. The molecule has 3 rings (SSSR count). The summed E-state index contributed by atoms with van der Waals surface area (Å²) < 4.78 is 48.3. The van der Waals surface area contributed by atoms with Crippen LogP contribution in [0.1, 0.15) is 11.3 Å². The Hall–Kier alpha value is -2.72. The van der Waals surface area contributed by atoms with Crippen molar-refractivity contribution >= 4 is 34.7 Å². The van der Waals surface area contributed by atoms with E-state index >= 15 is 0 Å². The van der Waals surface area contributed by atoms with Crippen LogP contribution in [-0.2, 0) is 16.7 Å². The summed E-state index contributed by atoms with van der Waals surface area (Å²) in [4.78, 5) is 16.6. The number of hydrogen-bond donors (Lipinski definition) is 1. The minimum absolute atomic E-state index is 0.157. The molecule has 0 spiro atoms. The van der Waals surface area contributed by atoms with Gasteiger partial charge in [-0.2, -0.15) is 13.2 Å². The van der Waals surface area contributed by atoms with E-state index in [0.29, 0.717) is 22.9 Å². The zero-order valence-corrected chi connectivity index (χ0v) is 18.3. The van der Waals surface area contributed by atoms with Crippen molar-refractivity contribution in [3.63, 3.8) is 0 Å². The number of alkyl halides is 3. The first-order valence-electron chi connectivity index (χ1n) is 9.02. The zero-order chi connectivity index (χ0) is 22.4. The normalized spacial score (nSPS) is 11.3. The van der Waals surface area contributed by atoms with Crippen LogP contribution < -0.4 is 14.8 Å². The van der Waals surface area contributed by atoms with Crippen LogP contribution in [0, 0.1) is 0 Å². The standard InChI is InChI=1S/C21H19F3N2O3S2/c1-28-17-8-3-13(9-18(17)29-2)20-26-16(11-31-20)10-30-12-19(27)25-15-6-4-14(5-7-15)21(22,23)24/h3-9,11H,10,12H2,1-2H3,(H,25,27). The fraction of sp³-hybridized carbons (Fsp3) is 0.238. The van der Waals surface area contributed by atoms with Crippen molar-refractivity contribution in [2.24, 2.45) is 0 Å². The van der Waals surface area contributed by atoms with Crippen LogP contribution in [0.5, 0.6) is 11.5 Å². The Morgan fingerprint density at radius 1 is 1.10 bits per heavy atom. The number of nitrogens with zero attached hydrogens (tertiary/aromatic N) is 1. The van der Waals surface area contributed by atoms with E-state index in [1.54, 1.807) is 14.2 Å². The predicted molar refractivity (Wildman–Crippen MR) is 117 cm³/mol. The van der Waals surface area contributed by atoms with Gasteiger partial charge in [-0.3, -0.25) is 4.79 Å². The number of carbonyl (C=O) groups excluding carboxylic acids is 1. The predicted octanol–water partition coefficient (Wildman–Crippen LogP) is 5.72. The third-order valence-corrected chi connectivity index (χ3v) is 6.07. The largest absolute Gasteiger partial charge is 0.493 e. The van der Waals surface area contributed by atoms with Crippen molar-refractivity contribution in [1.82, 2.24) is 4.98 Å². The Morgan fingerprint density at radius 2 is 1.81 bits per heavy atom. The summed E-state index contributed by atoms with van der Waals surface area (Å²) in [6, 6.07) is 9.92. The molecule has 1 amide bonds. The van der Waals surface area contributed by atoms with Crippen molar-refractivity contribution in [2.75, 3.05) is 25.3 Å². The Labute approximate surface area is 185 Å². The van der Waals surface area contributed by atoms with Crippen LogP contribution in [0.2, 0.25) is 0 Å². The Kier molecular flexibility index (Phi) is 7.45. The lowest BCUT2D eigenvalue weighted by Gasteiger charge is -2.08. The van der Waals surface area contributed by atoms with Crippen molar-refractivity contribution in [1.29, 1.82) is 0 Å². The van der Waals surface area contributed by atoms with E-state index in [2.05, 4.69) is 10.3 Å². The van der Waals surface area contributed by atoms with Crippen LogP contribution in [0.4, 0.5) is 18.9 Å². The number of carbonyl (C=O) groups is 1. The Bertz CT molecular complexity index is 1040. The fourth-order valence-corrected chi connectivity index (χ4v) is 4.30. The summed E-state index contributed by atoms with van der Waals surface area (Å²) in [5.41, 5.74) is 1.30. The second-order valence-electron chi connectivity index (χ2n) is 6.33. The summed E-state index contributed by atoms with van der Waals surface area (Å²) in [7, 11) is 3.14. The molecule has 0 fully saturated rings. The number of thioether (sulfide) groups is 1. The molecule has 0 aliphatic heterocycles. The molecular formula is C21H19F3N2O3S2. The minimum atomic E-state index is -4.40. The fourth-order valence-electron chi connectivity index (χ4n) is 2.66. The van der Waals surface area contributed by atoms with Gasteiger partial charge in [-0.15, -0.1) is 23.1 Å². The maximum Gasteiger partial charge on any atom is 0.416 e. The third-order valence-electron chi connectivity index (χ3n) is 4.16. The maximum absolute atomic E-state index is 12.6. The van der Waals surface area contributed by atoms with Gasteiger partial charge < -0.3 is 14.8 Å². The molecule has 2 aromatic carbocycles. The van der Waals surface area contributed by atoms with Gasteiger partial charge in [0.1, 0.15) is 5.01 Å². The molecule has 0 aliphatic rings. The molecule has 0 unspecified atom stereocenters. The first kappa shape index (κ1) is 23.0. The number of rotatable bonds is 8. The Morgan fingerprint density at radius 3 is 2.45 bits per heavy atom. The van der Waals surface area contributed by atoms with Crippen LogP contribution in [0.25, 0.3) is 10.6 Å². The molecule has 0 atom stereocenters. The van der Waals surface area contributed by atoms with Gasteiger partial charge in [0.05, 0.1) is 31.2 Å². The molecular weight excluding hydrogens is 449 g/mol. The number of hydrogen-bond acceptors (Lipinski definition) is 6. The number of ether oxygens (including phenoxy) is 2. The lowest BCUT2D eigenvalue weighted by molar-refractivity contribution is -0.137. The highest BCUT2D eigenvalue weighted by atomic mass is 32.2. The van der Waals surface area contributed by atoms with Crippen molar-refractivity contribution in [3.05, 3.63) is 59.1 Å². The van der Waals surface area contributed by atoms with Crippen LogP contribution in [0.3, 0.4) is 0 Å². The summed E-state index contributed by atoms with van der Waals surface area (Å²) in [6.07, 6.45) is -4.40. The highest BCUT2D eigenvalue weighted by molar-refractivity contribution is 7.99.